The molecule has 2 fully saturated rings. The molecule has 0 radical (unpaired) electrons. The summed E-state index contributed by atoms with van der Waals surface area (Å²) in [6.45, 7) is 7.54. The molecule has 1 aliphatic heterocycles. The molecule has 0 bridgehead atoms. The first-order valence-corrected chi connectivity index (χ1v) is 11.8. The molecule has 4 rings (SSSR count). The summed E-state index contributed by atoms with van der Waals surface area (Å²) in [5.74, 6) is 1.11. The third kappa shape index (κ3) is 3.05. The maximum Gasteiger partial charge on any atom is 0.261 e. The molecule has 1 aliphatic carbocycles. The van der Waals surface area contributed by atoms with Crippen molar-refractivity contribution in [3.8, 4) is 0 Å². The normalized spacial score (nSPS) is 28.0. The van der Waals surface area contributed by atoms with Crippen molar-refractivity contribution in [3.05, 3.63) is 60.7 Å². The zero-order valence-corrected chi connectivity index (χ0v) is 17.4. The number of hydrogen-bond acceptors (Lipinski definition) is 2. The molecule has 1 heterocycles. The molecule has 0 amide bonds. The van der Waals surface area contributed by atoms with Crippen LogP contribution >= 0.6 is 11.6 Å². The summed E-state index contributed by atoms with van der Waals surface area (Å²) in [6.07, 6.45) is 1.31. The molecule has 2 aliphatic rings. The van der Waals surface area contributed by atoms with Crippen LogP contribution in [0.5, 0.6) is 0 Å². The van der Waals surface area contributed by atoms with E-state index in [1.54, 1.807) is 0 Å². The summed E-state index contributed by atoms with van der Waals surface area (Å²) in [4.78, 5) is 0. The fourth-order valence-corrected chi connectivity index (χ4v) is 9.46. The minimum atomic E-state index is -2.47. The third-order valence-corrected chi connectivity index (χ3v) is 11.3. The Kier molecular flexibility index (Phi) is 4.76. The number of benzene rings is 2. The Labute approximate surface area is 162 Å². The third-order valence-electron chi connectivity index (χ3n) is 5.89. The summed E-state index contributed by atoms with van der Waals surface area (Å²) >= 11 is 6.31. The van der Waals surface area contributed by atoms with E-state index in [1.165, 1.54) is 16.8 Å². The summed E-state index contributed by atoms with van der Waals surface area (Å²) in [7, 11) is -2.47. The number of hydrogen-bond donors (Lipinski definition) is 0. The monoisotopic (exact) mass is 386 g/mol. The van der Waals surface area contributed by atoms with Crippen LogP contribution in [-0.2, 0) is 9.16 Å². The summed E-state index contributed by atoms with van der Waals surface area (Å²) in [5, 5.41) is 2.62. The summed E-state index contributed by atoms with van der Waals surface area (Å²) < 4.78 is 12.9. The van der Waals surface area contributed by atoms with E-state index in [-0.39, 0.29) is 16.7 Å². The number of halogens is 1. The van der Waals surface area contributed by atoms with Crippen molar-refractivity contribution in [2.45, 2.75) is 43.9 Å². The van der Waals surface area contributed by atoms with Crippen LogP contribution in [0.4, 0.5) is 0 Å². The van der Waals surface area contributed by atoms with E-state index < -0.39 is 8.32 Å². The quantitative estimate of drug-likeness (QED) is 0.567. The van der Waals surface area contributed by atoms with Gasteiger partial charge in [0.2, 0.25) is 0 Å². The second kappa shape index (κ2) is 6.79. The number of alkyl halides is 1. The smallest absolute Gasteiger partial charge is 0.261 e. The van der Waals surface area contributed by atoms with Gasteiger partial charge in [0.25, 0.3) is 8.32 Å². The van der Waals surface area contributed by atoms with Gasteiger partial charge in [-0.1, -0.05) is 93.0 Å². The highest BCUT2D eigenvalue weighted by Gasteiger charge is 2.57. The van der Waals surface area contributed by atoms with E-state index in [2.05, 4.69) is 81.4 Å². The van der Waals surface area contributed by atoms with E-state index >= 15 is 0 Å². The largest absolute Gasteiger partial charge is 0.405 e. The van der Waals surface area contributed by atoms with Crippen molar-refractivity contribution in [3.63, 3.8) is 0 Å². The van der Waals surface area contributed by atoms with Crippen molar-refractivity contribution in [1.29, 1.82) is 0 Å². The average molecular weight is 387 g/mol. The van der Waals surface area contributed by atoms with Gasteiger partial charge in [0.05, 0.1) is 12.7 Å². The Balaban J connectivity index is 1.73. The molecule has 0 aromatic heterocycles. The second-order valence-corrected chi connectivity index (χ2v) is 13.3. The molecule has 2 aromatic rings. The molecular weight excluding hydrogens is 360 g/mol. The highest BCUT2D eigenvalue weighted by molar-refractivity contribution is 6.99. The standard InChI is InChI=1S/C22H27ClO2Si/c1-22(2,3)26(16-10-6-4-7-11-16,17-12-8-5-9-13-17)24-15-20-18-14-19(18)21(23)25-20/h4-13,18-21H,14-15H2,1-3H3/t18-,19+,20-,21+/m0/s1. The van der Waals surface area contributed by atoms with Gasteiger partial charge in [-0.15, -0.1) is 0 Å². The lowest BCUT2D eigenvalue weighted by atomic mass is 10.2. The molecule has 0 N–H and O–H groups in total. The van der Waals surface area contributed by atoms with Gasteiger partial charge in [-0.05, 0) is 27.8 Å². The molecule has 0 unspecified atom stereocenters. The molecule has 0 spiro atoms. The van der Waals surface area contributed by atoms with E-state index in [0.29, 0.717) is 18.4 Å². The van der Waals surface area contributed by atoms with E-state index in [9.17, 15) is 0 Å². The highest BCUT2D eigenvalue weighted by atomic mass is 35.5. The maximum absolute atomic E-state index is 6.95. The van der Waals surface area contributed by atoms with E-state index in [0.717, 1.165) is 0 Å². The molecule has 2 aromatic carbocycles. The van der Waals surface area contributed by atoms with Crippen LogP contribution in [-0.4, -0.2) is 26.6 Å². The number of ether oxygens (including phenoxy) is 1. The Morgan fingerprint density at radius 3 is 1.88 bits per heavy atom. The van der Waals surface area contributed by atoms with Crippen LogP contribution in [0, 0.1) is 11.8 Å². The first-order chi connectivity index (χ1) is 12.4. The average Bonchev–Trinajstić information content (AvgIpc) is 3.37. The topological polar surface area (TPSA) is 18.5 Å². The van der Waals surface area contributed by atoms with Crippen molar-refractivity contribution in [1.82, 2.24) is 0 Å². The molecule has 1 saturated heterocycles. The SMILES string of the molecule is CC(C)(C)[Si](OC[C@@H]1O[C@@H](Cl)[C@@H]2C[C@@H]21)(c1ccccc1)c1ccccc1. The minimum absolute atomic E-state index is 0.00235. The molecule has 4 heteroatoms. The Bertz CT molecular complexity index is 704. The fourth-order valence-electron chi connectivity index (χ4n) is 4.46. The zero-order valence-electron chi connectivity index (χ0n) is 15.7. The maximum atomic E-state index is 6.95. The van der Waals surface area contributed by atoms with Crippen LogP contribution in [0.25, 0.3) is 0 Å². The van der Waals surface area contributed by atoms with Gasteiger partial charge in [0, 0.05) is 5.92 Å². The van der Waals surface area contributed by atoms with Gasteiger partial charge >= 0.3 is 0 Å². The van der Waals surface area contributed by atoms with Gasteiger partial charge in [0.1, 0.15) is 5.56 Å². The Hall–Kier alpha value is -1.13. The predicted molar refractivity (Wildman–Crippen MR) is 110 cm³/mol. The first kappa shape index (κ1) is 18.2. The van der Waals surface area contributed by atoms with Crippen LogP contribution in [0.1, 0.15) is 27.2 Å². The lowest BCUT2D eigenvalue weighted by molar-refractivity contribution is 0.0221. The van der Waals surface area contributed by atoms with Gasteiger partial charge in [-0.3, -0.25) is 0 Å². The van der Waals surface area contributed by atoms with Crippen LogP contribution in [0.15, 0.2) is 60.7 Å². The predicted octanol–water partition coefficient (Wildman–Crippen LogP) is 4.16. The van der Waals surface area contributed by atoms with Gasteiger partial charge in [-0.2, -0.15) is 0 Å². The van der Waals surface area contributed by atoms with Crippen molar-refractivity contribution in [2.24, 2.45) is 11.8 Å². The van der Waals surface area contributed by atoms with Crippen LogP contribution in [0.3, 0.4) is 0 Å². The fraction of sp³-hybridized carbons (Fsp3) is 0.455. The summed E-state index contributed by atoms with van der Waals surface area (Å²) in [6, 6.07) is 21.5. The lowest BCUT2D eigenvalue weighted by Gasteiger charge is -2.43. The van der Waals surface area contributed by atoms with Gasteiger partial charge in [-0.25, -0.2) is 0 Å². The summed E-state index contributed by atoms with van der Waals surface area (Å²) in [5.41, 5.74) is -0.132. The molecule has 1 saturated carbocycles. The molecular formula is C22H27ClO2Si. The van der Waals surface area contributed by atoms with E-state index in [1.807, 2.05) is 0 Å². The van der Waals surface area contributed by atoms with Crippen LogP contribution < -0.4 is 10.4 Å². The first-order valence-electron chi connectivity index (χ1n) is 9.48. The van der Waals surface area contributed by atoms with Crippen molar-refractivity contribution >= 4 is 30.3 Å². The van der Waals surface area contributed by atoms with Gasteiger partial charge in [0.15, 0.2) is 0 Å². The zero-order chi connectivity index (χ0) is 18.4. The molecule has 26 heavy (non-hydrogen) atoms. The highest BCUT2D eigenvalue weighted by Crippen LogP contribution is 2.53. The molecule has 138 valence electrons. The van der Waals surface area contributed by atoms with Gasteiger partial charge < -0.3 is 9.16 Å². The number of fused-ring (bicyclic) bond motifs is 1. The minimum Gasteiger partial charge on any atom is -0.405 e. The lowest BCUT2D eigenvalue weighted by Crippen LogP contribution is -2.67. The molecule has 2 nitrogen and oxygen atoms in total. The van der Waals surface area contributed by atoms with E-state index in [4.69, 9.17) is 20.8 Å². The van der Waals surface area contributed by atoms with Crippen molar-refractivity contribution in [2.75, 3.05) is 6.61 Å². The second-order valence-electron chi connectivity index (χ2n) is 8.56. The Morgan fingerprint density at radius 1 is 0.962 bits per heavy atom. The van der Waals surface area contributed by atoms with Crippen LogP contribution in [0.2, 0.25) is 5.04 Å². The molecule has 4 atom stereocenters. The van der Waals surface area contributed by atoms with Crippen molar-refractivity contribution < 1.29 is 9.16 Å². The number of rotatable bonds is 5. The Morgan fingerprint density at radius 2 is 1.50 bits per heavy atom.